The maximum Gasteiger partial charge on any atom is 0.338 e. The highest BCUT2D eigenvalue weighted by molar-refractivity contribution is 7.80. The fourth-order valence-electron chi connectivity index (χ4n) is 3.36. The van der Waals surface area contributed by atoms with Crippen molar-refractivity contribution in [2.75, 3.05) is 31.8 Å². The predicted molar refractivity (Wildman–Crippen MR) is 121 cm³/mol. The van der Waals surface area contributed by atoms with Crippen LogP contribution in [0.15, 0.2) is 65.9 Å². The number of rotatable bonds is 8. The average Bonchev–Trinajstić information content (AvgIpc) is 2.75. The van der Waals surface area contributed by atoms with Gasteiger partial charge in [-0.15, -0.1) is 0 Å². The molecule has 0 saturated carbocycles. The minimum atomic E-state index is -0.428. The number of esters is 1. The molecule has 1 unspecified atom stereocenters. The molecule has 0 amide bonds. The molecule has 1 atom stereocenters. The van der Waals surface area contributed by atoms with E-state index in [1.165, 1.54) is 0 Å². The van der Waals surface area contributed by atoms with Crippen molar-refractivity contribution in [1.29, 1.82) is 0 Å². The van der Waals surface area contributed by atoms with Gasteiger partial charge >= 0.3 is 5.97 Å². The van der Waals surface area contributed by atoms with Crippen LogP contribution in [0.3, 0.4) is 0 Å². The summed E-state index contributed by atoms with van der Waals surface area (Å²) >= 11 is 5.66. The van der Waals surface area contributed by atoms with Crippen LogP contribution >= 0.6 is 12.2 Å². The van der Waals surface area contributed by atoms with Gasteiger partial charge in [0, 0.05) is 18.5 Å². The summed E-state index contributed by atoms with van der Waals surface area (Å²) in [5, 5.41) is 3.83. The lowest BCUT2D eigenvalue weighted by molar-refractivity contribution is -0.140. The number of benzene rings is 2. The minimum absolute atomic E-state index is 0.178. The third-order valence-corrected chi connectivity index (χ3v) is 5.06. The molecule has 2 aromatic rings. The molecule has 1 aliphatic rings. The molecule has 1 heterocycles. The lowest BCUT2D eigenvalue weighted by atomic mass is 9.94. The zero-order valence-electron chi connectivity index (χ0n) is 17.4. The fourth-order valence-corrected chi connectivity index (χ4v) is 3.72. The highest BCUT2D eigenvalue weighted by Gasteiger charge is 2.35. The van der Waals surface area contributed by atoms with Gasteiger partial charge in [-0.25, -0.2) is 4.79 Å². The fraction of sp³-hybridized carbons (Fsp3) is 0.304. The van der Waals surface area contributed by atoms with Crippen molar-refractivity contribution in [2.24, 2.45) is 0 Å². The summed E-state index contributed by atoms with van der Waals surface area (Å²) in [5.74, 6) is 0.370. The number of hydrogen-bond acceptors (Lipinski definition) is 5. The summed E-state index contributed by atoms with van der Waals surface area (Å²) in [6.45, 7) is 4.92. The van der Waals surface area contributed by atoms with E-state index >= 15 is 0 Å². The Labute approximate surface area is 182 Å². The van der Waals surface area contributed by atoms with E-state index in [0.717, 1.165) is 22.7 Å². The number of methoxy groups -OCH3 is 1. The Morgan fingerprint density at radius 2 is 1.80 bits per heavy atom. The molecule has 0 aromatic heterocycles. The van der Waals surface area contributed by atoms with Crippen molar-refractivity contribution in [2.45, 2.75) is 19.9 Å². The van der Waals surface area contributed by atoms with Crippen molar-refractivity contribution in [3.8, 4) is 5.75 Å². The number of nitrogens with one attached hydrogen (secondary N) is 1. The van der Waals surface area contributed by atoms with Crippen molar-refractivity contribution in [3.63, 3.8) is 0 Å². The largest absolute Gasteiger partial charge is 0.494 e. The summed E-state index contributed by atoms with van der Waals surface area (Å²) in [4.78, 5) is 14.9. The first kappa shape index (κ1) is 21.8. The maximum absolute atomic E-state index is 13.0. The van der Waals surface area contributed by atoms with Crippen molar-refractivity contribution < 1.29 is 19.0 Å². The van der Waals surface area contributed by atoms with Gasteiger partial charge in [0.2, 0.25) is 0 Å². The topological polar surface area (TPSA) is 60.0 Å². The van der Waals surface area contributed by atoms with E-state index in [0.29, 0.717) is 23.9 Å². The van der Waals surface area contributed by atoms with Gasteiger partial charge in [-0.1, -0.05) is 30.3 Å². The van der Waals surface area contributed by atoms with E-state index in [-0.39, 0.29) is 6.61 Å². The molecule has 1 aliphatic heterocycles. The second kappa shape index (κ2) is 10.2. The first-order chi connectivity index (χ1) is 14.6. The quantitative estimate of drug-likeness (QED) is 0.389. The number of ether oxygens (including phenoxy) is 3. The van der Waals surface area contributed by atoms with Gasteiger partial charge < -0.3 is 19.5 Å². The van der Waals surface area contributed by atoms with E-state index in [1.807, 2.05) is 73.3 Å². The molecule has 158 valence electrons. The standard InChI is InChI=1S/C23H26N2O4S/c1-4-28-19-12-10-17(11-13-19)21-20(22(26)29-15-14-27-3)16(2)25(23(30)24-21)18-8-6-5-7-9-18/h5-13,21H,4,14-15H2,1-3H3,(H,24,30). The number of para-hydroxylation sites is 1. The molecule has 0 radical (unpaired) electrons. The lowest BCUT2D eigenvalue weighted by Gasteiger charge is -2.37. The van der Waals surface area contributed by atoms with E-state index in [4.69, 9.17) is 26.4 Å². The molecular formula is C23H26N2O4S. The average molecular weight is 427 g/mol. The Kier molecular flexibility index (Phi) is 7.43. The van der Waals surface area contributed by atoms with Crippen molar-refractivity contribution in [3.05, 3.63) is 71.4 Å². The Balaban J connectivity index is 2.01. The molecule has 2 aromatic carbocycles. The molecular weight excluding hydrogens is 400 g/mol. The number of carbonyl (C=O) groups is 1. The highest BCUT2D eigenvalue weighted by Crippen LogP contribution is 2.34. The first-order valence-electron chi connectivity index (χ1n) is 9.82. The van der Waals surface area contributed by atoms with Gasteiger partial charge in [0.1, 0.15) is 12.4 Å². The Morgan fingerprint density at radius 1 is 1.10 bits per heavy atom. The van der Waals surface area contributed by atoms with Gasteiger partial charge in [0.15, 0.2) is 5.11 Å². The van der Waals surface area contributed by atoms with Crippen LogP contribution in [-0.2, 0) is 14.3 Å². The number of nitrogens with zero attached hydrogens (tertiary/aromatic N) is 1. The Hall–Kier alpha value is -2.90. The van der Waals surface area contributed by atoms with Crippen LogP contribution in [0.2, 0.25) is 0 Å². The SMILES string of the molecule is CCOc1ccc(C2NC(=S)N(c3ccccc3)C(C)=C2C(=O)OCCOC)cc1. The number of anilines is 1. The van der Waals surface area contributed by atoms with Gasteiger partial charge in [-0.2, -0.15) is 0 Å². The Morgan fingerprint density at radius 3 is 2.43 bits per heavy atom. The normalized spacial score (nSPS) is 16.3. The monoisotopic (exact) mass is 426 g/mol. The van der Waals surface area contributed by atoms with Crippen LogP contribution < -0.4 is 15.0 Å². The van der Waals surface area contributed by atoms with E-state index in [1.54, 1.807) is 7.11 Å². The van der Waals surface area contributed by atoms with E-state index in [9.17, 15) is 4.79 Å². The third kappa shape index (κ3) is 4.80. The third-order valence-electron chi connectivity index (χ3n) is 4.76. The molecule has 0 spiro atoms. The smallest absolute Gasteiger partial charge is 0.338 e. The predicted octanol–water partition coefficient (Wildman–Crippen LogP) is 3.98. The van der Waals surface area contributed by atoms with Gasteiger partial charge in [0.05, 0.1) is 24.8 Å². The van der Waals surface area contributed by atoms with Gasteiger partial charge in [0.25, 0.3) is 0 Å². The number of carbonyl (C=O) groups excluding carboxylic acids is 1. The van der Waals surface area contributed by atoms with Crippen LogP contribution in [0.1, 0.15) is 25.5 Å². The summed E-state index contributed by atoms with van der Waals surface area (Å²) in [5.41, 5.74) is 3.00. The zero-order chi connectivity index (χ0) is 21.5. The highest BCUT2D eigenvalue weighted by atomic mass is 32.1. The van der Waals surface area contributed by atoms with E-state index < -0.39 is 12.0 Å². The van der Waals surface area contributed by atoms with Gasteiger partial charge in [-0.05, 0) is 55.9 Å². The Bertz CT molecular complexity index is 913. The molecule has 0 fully saturated rings. The van der Waals surface area contributed by atoms with Crippen LogP contribution in [0.25, 0.3) is 0 Å². The maximum atomic E-state index is 13.0. The summed E-state index contributed by atoms with van der Waals surface area (Å²) < 4.78 is 16.0. The molecule has 30 heavy (non-hydrogen) atoms. The first-order valence-corrected chi connectivity index (χ1v) is 10.2. The lowest BCUT2D eigenvalue weighted by Crippen LogP contribution is -2.48. The molecule has 3 rings (SSSR count). The number of allylic oxidation sites excluding steroid dienone is 1. The summed E-state index contributed by atoms with van der Waals surface area (Å²) in [6, 6.07) is 16.9. The van der Waals surface area contributed by atoms with Crippen LogP contribution in [0.5, 0.6) is 5.75 Å². The minimum Gasteiger partial charge on any atom is -0.494 e. The van der Waals surface area contributed by atoms with Crippen molar-refractivity contribution in [1.82, 2.24) is 5.32 Å². The molecule has 6 nitrogen and oxygen atoms in total. The molecule has 7 heteroatoms. The summed E-state index contributed by atoms with van der Waals surface area (Å²) in [6.07, 6.45) is 0. The number of thiocarbonyl (C=S) groups is 1. The number of hydrogen-bond donors (Lipinski definition) is 1. The zero-order valence-corrected chi connectivity index (χ0v) is 18.2. The molecule has 0 bridgehead atoms. The van der Waals surface area contributed by atoms with Crippen LogP contribution in [0.4, 0.5) is 5.69 Å². The summed E-state index contributed by atoms with van der Waals surface area (Å²) in [7, 11) is 1.57. The molecule has 0 aliphatic carbocycles. The van der Waals surface area contributed by atoms with Crippen LogP contribution in [-0.4, -0.2) is 38.0 Å². The second-order valence-electron chi connectivity index (χ2n) is 6.68. The molecule has 1 N–H and O–H groups in total. The van der Waals surface area contributed by atoms with Gasteiger partial charge in [-0.3, -0.25) is 4.90 Å². The van der Waals surface area contributed by atoms with Crippen molar-refractivity contribution >= 4 is 29.0 Å². The second-order valence-corrected chi connectivity index (χ2v) is 7.07. The van der Waals surface area contributed by atoms with E-state index in [2.05, 4.69) is 5.32 Å². The van der Waals surface area contributed by atoms with Crippen LogP contribution in [0, 0.1) is 0 Å². The molecule has 0 saturated heterocycles.